The van der Waals surface area contributed by atoms with Crippen LogP contribution in [0.2, 0.25) is 0 Å². The lowest BCUT2D eigenvalue weighted by atomic mass is 10.0. The third kappa shape index (κ3) is 3.95. The maximum absolute atomic E-state index is 10.1. The summed E-state index contributed by atoms with van der Waals surface area (Å²) in [5.74, 6) is 0.582. The van der Waals surface area contributed by atoms with Gasteiger partial charge in [0.15, 0.2) is 0 Å². The highest BCUT2D eigenvalue weighted by atomic mass is 16.5. The van der Waals surface area contributed by atoms with E-state index in [1.54, 1.807) is 0 Å². The van der Waals surface area contributed by atoms with Crippen LogP contribution < -0.4 is 4.90 Å². The van der Waals surface area contributed by atoms with Crippen LogP contribution >= 0.6 is 0 Å². The Kier molecular flexibility index (Phi) is 5.23. The lowest BCUT2D eigenvalue weighted by Gasteiger charge is -2.25. The molecule has 1 aromatic rings. The van der Waals surface area contributed by atoms with E-state index >= 15 is 0 Å². The Morgan fingerprint density at radius 3 is 2.95 bits per heavy atom. The van der Waals surface area contributed by atoms with Crippen molar-refractivity contribution in [1.29, 1.82) is 0 Å². The molecular weight excluding hydrogens is 238 g/mol. The first-order chi connectivity index (χ1) is 9.18. The van der Waals surface area contributed by atoms with E-state index in [2.05, 4.69) is 24.8 Å². The second kappa shape index (κ2) is 6.92. The molecule has 19 heavy (non-hydrogen) atoms. The average molecular weight is 263 g/mol. The molecule has 106 valence electrons. The highest BCUT2D eigenvalue weighted by molar-refractivity contribution is 5.55. The molecule has 2 rings (SSSR count). The summed E-state index contributed by atoms with van der Waals surface area (Å²) in [6.45, 7) is 7.80. The fourth-order valence-electron chi connectivity index (χ4n) is 2.53. The number of ether oxygens (including phenoxy) is 1. The maximum atomic E-state index is 10.1. The van der Waals surface area contributed by atoms with Crippen molar-refractivity contribution < 1.29 is 9.84 Å². The number of aliphatic hydroxyl groups is 1. The Hall–Kier alpha value is -1.06. The van der Waals surface area contributed by atoms with Crippen LogP contribution in [0.5, 0.6) is 0 Å². The zero-order valence-corrected chi connectivity index (χ0v) is 12.0. The molecule has 1 aliphatic rings. The maximum Gasteiger partial charge on any atom is 0.0810 e. The van der Waals surface area contributed by atoms with Gasteiger partial charge in [0.2, 0.25) is 0 Å². The van der Waals surface area contributed by atoms with E-state index in [9.17, 15) is 5.11 Å². The Bertz CT molecular complexity index is 392. The highest BCUT2D eigenvalue weighted by Crippen LogP contribution is 2.32. The van der Waals surface area contributed by atoms with E-state index in [1.807, 2.05) is 18.2 Å². The third-order valence-corrected chi connectivity index (χ3v) is 3.50. The van der Waals surface area contributed by atoms with Gasteiger partial charge in [-0.05, 0) is 24.8 Å². The molecule has 0 radical (unpaired) electrons. The fraction of sp³-hybridized carbons (Fsp3) is 0.625. The van der Waals surface area contributed by atoms with Crippen molar-refractivity contribution in [2.45, 2.75) is 32.8 Å². The van der Waals surface area contributed by atoms with Crippen molar-refractivity contribution in [2.75, 3.05) is 31.2 Å². The van der Waals surface area contributed by atoms with Gasteiger partial charge in [0.1, 0.15) is 0 Å². The van der Waals surface area contributed by atoms with Gasteiger partial charge in [-0.1, -0.05) is 32.0 Å². The molecule has 3 nitrogen and oxygen atoms in total. The fourth-order valence-corrected chi connectivity index (χ4v) is 2.53. The Morgan fingerprint density at radius 2 is 2.16 bits per heavy atom. The third-order valence-electron chi connectivity index (χ3n) is 3.50. The van der Waals surface area contributed by atoms with Crippen LogP contribution in [0.4, 0.5) is 5.69 Å². The summed E-state index contributed by atoms with van der Waals surface area (Å²) in [6, 6.07) is 8.18. The minimum Gasteiger partial charge on any atom is -0.388 e. The lowest BCUT2D eigenvalue weighted by molar-refractivity contribution is 0.115. The molecule has 1 aliphatic heterocycles. The number of rotatable bonds is 5. The van der Waals surface area contributed by atoms with Gasteiger partial charge in [0.05, 0.1) is 12.7 Å². The van der Waals surface area contributed by atoms with Crippen LogP contribution in [0.3, 0.4) is 0 Å². The normalized spacial score (nSPS) is 19.4. The summed E-state index contributed by atoms with van der Waals surface area (Å²) in [5, 5.41) is 10.1. The standard InChI is InChI=1S/C16H25NO2/c1-13(2)12-19-11-10-17-9-5-8-16(18)14-6-3-4-7-15(14)17/h3-4,6-7,13,16,18H,5,8-12H2,1-2H3. The quantitative estimate of drug-likeness (QED) is 0.829. The molecule has 1 atom stereocenters. The van der Waals surface area contributed by atoms with E-state index in [0.717, 1.165) is 44.7 Å². The largest absolute Gasteiger partial charge is 0.388 e. The van der Waals surface area contributed by atoms with Crippen molar-refractivity contribution in [3.63, 3.8) is 0 Å². The van der Waals surface area contributed by atoms with Gasteiger partial charge in [0, 0.05) is 30.9 Å². The van der Waals surface area contributed by atoms with Crippen LogP contribution in [-0.2, 0) is 4.74 Å². The van der Waals surface area contributed by atoms with E-state index in [0.29, 0.717) is 5.92 Å². The SMILES string of the molecule is CC(C)COCCN1CCCC(O)c2ccccc21. The van der Waals surface area contributed by atoms with Crippen molar-refractivity contribution in [3.8, 4) is 0 Å². The molecule has 0 bridgehead atoms. The monoisotopic (exact) mass is 263 g/mol. The van der Waals surface area contributed by atoms with Crippen molar-refractivity contribution in [2.24, 2.45) is 5.92 Å². The zero-order valence-electron chi connectivity index (χ0n) is 12.0. The first kappa shape index (κ1) is 14.4. The average Bonchev–Trinajstić information content (AvgIpc) is 2.55. The summed E-state index contributed by atoms with van der Waals surface area (Å²) in [7, 11) is 0. The number of aliphatic hydroxyl groups excluding tert-OH is 1. The zero-order chi connectivity index (χ0) is 13.7. The van der Waals surface area contributed by atoms with Gasteiger partial charge < -0.3 is 14.7 Å². The van der Waals surface area contributed by atoms with Crippen molar-refractivity contribution in [1.82, 2.24) is 0 Å². The van der Waals surface area contributed by atoms with Gasteiger partial charge in [-0.2, -0.15) is 0 Å². The van der Waals surface area contributed by atoms with Gasteiger partial charge in [0.25, 0.3) is 0 Å². The molecule has 0 aliphatic carbocycles. The topological polar surface area (TPSA) is 32.7 Å². The van der Waals surface area contributed by atoms with Gasteiger partial charge >= 0.3 is 0 Å². The second-order valence-electron chi connectivity index (χ2n) is 5.67. The molecule has 1 unspecified atom stereocenters. The molecule has 1 heterocycles. The Labute approximate surface area is 116 Å². The molecule has 0 fully saturated rings. The highest BCUT2D eigenvalue weighted by Gasteiger charge is 2.20. The smallest absolute Gasteiger partial charge is 0.0810 e. The van der Waals surface area contributed by atoms with Crippen LogP contribution in [0.15, 0.2) is 24.3 Å². The number of benzene rings is 1. The molecule has 1 aromatic carbocycles. The predicted octanol–water partition coefficient (Wildman–Crippen LogP) is 2.99. The lowest BCUT2D eigenvalue weighted by Crippen LogP contribution is -2.28. The van der Waals surface area contributed by atoms with E-state index in [1.165, 1.54) is 5.69 Å². The predicted molar refractivity (Wildman–Crippen MR) is 78.5 cm³/mol. The molecule has 0 spiro atoms. The van der Waals surface area contributed by atoms with E-state index in [-0.39, 0.29) is 6.10 Å². The summed E-state index contributed by atoms with van der Waals surface area (Å²) in [6.07, 6.45) is 1.55. The molecular formula is C16H25NO2. The number of anilines is 1. The molecule has 3 heteroatoms. The van der Waals surface area contributed by atoms with Crippen molar-refractivity contribution in [3.05, 3.63) is 29.8 Å². The minimum atomic E-state index is -0.321. The number of nitrogens with zero attached hydrogens (tertiary/aromatic N) is 1. The second-order valence-corrected chi connectivity index (χ2v) is 5.67. The molecule has 0 saturated carbocycles. The number of hydrogen-bond acceptors (Lipinski definition) is 3. The first-order valence-corrected chi connectivity index (χ1v) is 7.28. The summed E-state index contributed by atoms with van der Waals surface area (Å²) < 4.78 is 5.68. The Morgan fingerprint density at radius 1 is 1.37 bits per heavy atom. The van der Waals surface area contributed by atoms with E-state index in [4.69, 9.17) is 4.74 Å². The van der Waals surface area contributed by atoms with Crippen LogP contribution in [0, 0.1) is 5.92 Å². The van der Waals surface area contributed by atoms with Gasteiger partial charge in [-0.25, -0.2) is 0 Å². The molecule has 0 saturated heterocycles. The Balaban J connectivity index is 1.98. The van der Waals surface area contributed by atoms with Crippen LogP contribution in [-0.4, -0.2) is 31.4 Å². The molecule has 0 amide bonds. The molecule has 0 aromatic heterocycles. The minimum absolute atomic E-state index is 0.321. The van der Waals surface area contributed by atoms with Gasteiger partial charge in [-0.15, -0.1) is 0 Å². The van der Waals surface area contributed by atoms with E-state index < -0.39 is 0 Å². The van der Waals surface area contributed by atoms with Crippen molar-refractivity contribution >= 4 is 5.69 Å². The number of fused-ring (bicyclic) bond motifs is 1. The van der Waals surface area contributed by atoms with Crippen LogP contribution in [0.25, 0.3) is 0 Å². The summed E-state index contributed by atoms with van der Waals surface area (Å²) in [5.41, 5.74) is 2.23. The number of para-hydroxylation sites is 1. The number of hydrogen-bond donors (Lipinski definition) is 1. The summed E-state index contributed by atoms with van der Waals surface area (Å²) >= 11 is 0. The van der Waals surface area contributed by atoms with Crippen LogP contribution in [0.1, 0.15) is 38.4 Å². The van der Waals surface area contributed by atoms with Gasteiger partial charge in [-0.3, -0.25) is 0 Å². The summed E-state index contributed by atoms with van der Waals surface area (Å²) in [4.78, 5) is 2.34. The first-order valence-electron chi connectivity index (χ1n) is 7.28. The molecule has 1 N–H and O–H groups in total.